The van der Waals surface area contributed by atoms with Crippen LogP contribution in [-0.4, -0.2) is 16.7 Å². The van der Waals surface area contributed by atoms with E-state index in [0.717, 1.165) is 5.56 Å². The average molecular weight is 206 g/mol. The van der Waals surface area contributed by atoms with Crippen molar-refractivity contribution in [1.82, 2.24) is 0 Å². The summed E-state index contributed by atoms with van der Waals surface area (Å²) in [6.07, 6.45) is 0.668. The highest BCUT2D eigenvalue weighted by Crippen LogP contribution is 2.10. The van der Waals surface area contributed by atoms with Crippen molar-refractivity contribution in [2.45, 2.75) is 33.2 Å². The molecule has 1 aromatic carbocycles. The lowest BCUT2D eigenvalue weighted by molar-refractivity contribution is -0.488. The van der Waals surface area contributed by atoms with Gasteiger partial charge in [0.1, 0.15) is 0 Å². The molecule has 80 valence electrons. The number of hydrogen-bond acceptors (Lipinski definition) is 2. The molecule has 1 unspecified atom stereocenters. The number of aryl methyl sites for hydroxylation is 1. The molecule has 0 spiro atoms. The summed E-state index contributed by atoms with van der Waals surface area (Å²) in [7, 11) is 0. The monoisotopic (exact) mass is 206 g/mol. The third-order valence-electron chi connectivity index (χ3n) is 2.57. The summed E-state index contributed by atoms with van der Waals surface area (Å²) in [5, 5.41) is 0. The predicted octanol–water partition coefficient (Wildman–Crippen LogP) is 2.71. The molecule has 1 atom stereocenters. The van der Waals surface area contributed by atoms with Crippen LogP contribution in [0, 0.1) is 11.8 Å². The maximum absolute atomic E-state index is 11.8. The lowest BCUT2D eigenvalue weighted by Crippen LogP contribution is -2.27. The SMILES string of the molecule is CCC(C)[N+](=O)C(=O)c1ccccc1C. The minimum absolute atomic E-state index is 0.267. The van der Waals surface area contributed by atoms with Gasteiger partial charge < -0.3 is 0 Å². The highest BCUT2D eigenvalue weighted by Gasteiger charge is 2.30. The van der Waals surface area contributed by atoms with Crippen molar-refractivity contribution in [3.8, 4) is 0 Å². The van der Waals surface area contributed by atoms with E-state index in [1.165, 1.54) is 0 Å². The number of nitroso groups, excluding NO2 is 1. The lowest BCUT2D eigenvalue weighted by Gasteiger charge is -2.01. The van der Waals surface area contributed by atoms with Crippen LogP contribution in [0.5, 0.6) is 0 Å². The number of carbonyl (C=O) groups excluding carboxylic acids is 1. The van der Waals surface area contributed by atoms with Gasteiger partial charge >= 0.3 is 5.91 Å². The summed E-state index contributed by atoms with van der Waals surface area (Å²) in [5.41, 5.74) is 1.33. The molecule has 3 heteroatoms. The number of hydrogen-bond donors (Lipinski definition) is 0. The van der Waals surface area contributed by atoms with Crippen molar-refractivity contribution >= 4 is 5.91 Å². The van der Waals surface area contributed by atoms with Crippen LogP contribution in [0.4, 0.5) is 0 Å². The van der Waals surface area contributed by atoms with Gasteiger partial charge in [0.05, 0.1) is 10.3 Å². The van der Waals surface area contributed by atoms with E-state index in [2.05, 4.69) is 0 Å². The van der Waals surface area contributed by atoms with Crippen molar-refractivity contribution in [1.29, 1.82) is 0 Å². The Kier molecular flexibility index (Phi) is 3.72. The molecule has 0 aromatic heterocycles. The molecule has 0 saturated carbocycles. The molecule has 15 heavy (non-hydrogen) atoms. The van der Waals surface area contributed by atoms with E-state index in [1.807, 2.05) is 26.0 Å². The van der Waals surface area contributed by atoms with E-state index in [-0.39, 0.29) is 6.04 Å². The van der Waals surface area contributed by atoms with Crippen LogP contribution in [0.2, 0.25) is 0 Å². The summed E-state index contributed by atoms with van der Waals surface area (Å²) in [5.74, 6) is -0.442. The Morgan fingerprint density at radius 1 is 1.40 bits per heavy atom. The van der Waals surface area contributed by atoms with Crippen LogP contribution in [0.3, 0.4) is 0 Å². The second kappa shape index (κ2) is 4.82. The van der Waals surface area contributed by atoms with Gasteiger partial charge in [0.25, 0.3) is 0 Å². The quantitative estimate of drug-likeness (QED) is 0.713. The number of nitrogens with zero attached hydrogens (tertiary/aromatic N) is 1. The van der Waals surface area contributed by atoms with Crippen LogP contribution < -0.4 is 0 Å². The Morgan fingerprint density at radius 3 is 2.53 bits per heavy atom. The summed E-state index contributed by atoms with van der Waals surface area (Å²) in [6, 6.07) is 6.87. The standard InChI is InChI=1S/C12H16NO2/c1-4-10(3)13(15)12(14)11-8-6-5-7-9(11)2/h5-8,10H,4H2,1-3H3/q+1. The van der Waals surface area contributed by atoms with Gasteiger partial charge in [0, 0.05) is 18.3 Å². The minimum atomic E-state index is -0.442. The molecule has 0 saturated heterocycles. The third kappa shape index (κ3) is 2.49. The summed E-state index contributed by atoms with van der Waals surface area (Å²) >= 11 is 0. The lowest BCUT2D eigenvalue weighted by atomic mass is 10.1. The fourth-order valence-electron chi connectivity index (χ4n) is 1.30. The van der Waals surface area contributed by atoms with Gasteiger partial charge in [-0.1, -0.05) is 25.1 Å². The Morgan fingerprint density at radius 2 is 2.00 bits per heavy atom. The van der Waals surface area contributed by atoms with Gasteiger partial charge in [-0.25, -0.2) is 4.79 Å². The second-order valence-electron chi connectivity index (χ2n) is 3.70. The number of carbonyl (C=O) groups is 1. The zero-order valence-corrected chi connectivity index (χ0v) is 9.36. The number of rotatable bonds is 3. The van der Waals surface area contributed by atoms with E-state index in [1.54, 1.807) is 19.1 Å². The van der Waals surface area contributed by atoms with Crippen LogP contribution in [-0.2, 0) is 0 Å². The highest BCUT2D eigenvalue weighted by atomic mass is 16.3. The van der Waals surface area contributed by atoms with E-state index in [0.29, 0.717) is 16.7 Å². The largest absolute Gasteiger partial charge is 0.465 e. The van der Waals surface area contributed by atoms with Crippen LogP contribution in [0.1, 0.15) is 36.2 Å². The topological polar surface area (TPSA) is 37.1 Å². The molecule has 0 heterocycles. The smallest absolute Gasteiger partial charge is 0.210 e. The van der Waals surface area contributed by atoms with Gasteiger partial charge in [-0.15, -0.1) is 0 Å². The minimum Gasteiger partial charge on any atom is -0.210 e. The van der Waals surface area contributed by atoms with Crippen LogP contribution >= 0.6 is 0 Å². The first-order chi connectivity index (χ1) is 7.07. The van der Waals surface area contributed by atoms with Gasteiger partial charge in [-0.05, 0) is 18.6 Å². The Balaban J connectivity index is 2.96. The van der Waals surface area contributed by atoms with Crippen molar-refractivity contribution in [2.24, 2.45) is 0 Å². The number of benzene rings is 1. The fourth-order valence-corrected chi connectivity index (χ4v) is 1.30. The van der Waals surface area contributed by atoms with Crippen molar-refractivity contribution in [3.63, 3.8) is 0 Å². The highest BCUT2D eigenvalue weighted by molar-refractivity contribution is 5.89. The predicted molar refractivity (Wildman–Crippen MR) is 58.9 cm³/mol. The Bertz CT molecular complexity index is 385. The van der Waals surface area contributed by atoms with Gasteiger partial charge in [-0.3, -0.25) is 0 Å². The molecule has 0 fully saturated rings. The zero-order chi connectivity index (χ0) is 11.4. The fraction of sp³-hybridized carbons (Fsp3) is 0.417. The second-order valence-corrected chi connectivity index (χ2v) is 3.70. The van der Waals surface area contributed by atoms with Crippen LogP contribution in [0.15, 0.2) is 24.3 Å². The van der Waals surface area contributed by atoms with E-state index < -0.39 is 5.91 Å². The van der Waals surface area contributed by atoms with E-state index in [9.17, 15) is 9.70 Å². The summed E-state index contributed by atoms with van der Waals surface area (Å²) in [4.78, 5) is 23.4. The average Bonchev–Trinajstić information content (AvgIpc) is 2.26. The van der Waals surface area contributed by atoms with Gasteiger partial charge in [-0.2, -0.15) is 0 Å². The first kappa shape index (κ1) is 11.6. The molecule has 0 aliphatic rings. The molecule has 1 rings (SSSR count). The van der Waals surface area contributed by atoms with Gasteiger partial charge in [0.2, 0.25) is 6.04 Å². The summed E-state index contributed by atoms with van der Waals surface area (Å²) < 4.78 is 0.558. The molecule has 0 radical (unpaired) electrons. The van der Waals surface area contributed by atoms with Crippen molar-refractivity contribution < 1.29 is 9.55 Å². The van der Waals surface area contributed by atoms with Gasteiger partial charge in [0.15, 0.2) is 0 Å². The normalized spacial score (nSPS) is 12.2. The Labute approximate surface area is 89.7 Å². The molecule has 0 bridgehead atoms. The van der Waals surface area contributed by atoms with Crippen LogP contribution in [0.25, 0.3) is 0 Å². The van der Waals surface area contributed by atoms with E-state index in [4.69, 9.17) is 0 Å². The molecule has 3 nitrogen and oxygen atoms in total. The first-order valence-corrected chi connectivity index (χ1v) is 5.14. The summed E-state index contributed by atoms with van der Waals surface area (Å²) in [6.45, 7) is 5.47. The zero-order valence-electron chi connectivity index (χ0n) is 9.36. The maximum atomic E-state index is 11.8. The van der Waals surface area contributed by atoms with E-state index >= 15 is 0 Å². The Hall–Kier alpha value is -1.51. The molecule has 0 N–H and O–H groups in total. The number of amides is 1. The first-order valence-electron chi connectivity index (χ1n) is 5.14. The molecule has 1 amide bonds. The molecule has 0 aliphatic carbocycles. The molecule has 1 aromatic rings. The third-order valence-corrected chi connectivity index (χ3v) is 2.57. The molecular weight excluding hydrogens is 190 g/mol. The maximum Gasteiger partial charge on any atom is 0.465 e. The van der Waals surface area contributed by atoms with Crippen molar-refractivity contribution in [3.05, 3.63) is 40.3 Å². The van der Waals surface area contributed by atoms with Crippen molar-refractivity contribution in [2.75, 3.05) is 0 Å². The molecular formula is C12H16NO2+. The molecule has 0 aliphatic heterocycles.